The molecule has 0 N–H and O–H groups in total. The molecule has 0 bridgehead atoms. The van der Waals surface area contributed by atoms with Gasteiger partial charge in [-0.25, -0.2) is 4.79 Å². The Bertz CT molecular complexity index is 524. The van der Waals surface area contributed by atoms with Crippen molar-refractivity contribution < 1.29 is 9.53 Å². The zero-order valence-electron chi connectivity index (χ0n) is 14.0. The second kappa shape index (κ2) is 10.3. The molecule has 0 saturated carbocycles. The molecule has 0 aliphatic heterocycles. The summed E-state index contributed by atoms with van der Waals surface area (Å²) < 4.78 is 5.08. The molecular formula is C19H26Br2O2. The van der Waals surface area contributed by atoms with Crippen LogP contribution in [0.1, 0.15) is 64.4 Å². The summed E-state index contributed by atoms with van der Waals surface area (Å²) in [4.78, 5) is 11.8. The van der Waals surface area contributed by atoms with Crippen LogP contribution in [-0.4, -0.2) is 5.97 Å². The van der Waals surface area contributed by atoms with Crippen LogP contribution < -0.4 is 4.74 Å². The minimum Gasteiger partial charge on any atom is -0.423 e. The van der Waals surface area contributed by atoms with E-state index in [1.807, 2.05) is 24.3 Å². The number of benzene rings is 1. The Labute approximate surface area is 156 Å². The smallest absolute Gasteiger partial charge is 0.338 e. The third-order valence-electron chi connectivity index (χ3n) is 3.68. The van der Waals surface area contributed by atoms with E-state index >= 15 is 0 Å². The van der Waals surface area contributed by atoms with Gasteiger partial charge < -0.3 is 4.74 Å². The van der Waals surface area contributed by atoms with Crippen LogP contribution in [0.25, 0.3) is 0 Å². The van der Waals surface area contributed by atoms with Crippen LogP contribution in [0.5, 0.6) is 5.75 Å². The number of unbranched alkanes of at least 4 members (excludes halogenated alkanes) is 5. The monoisotopic (exact) mass is 444 g/mol. The number of carbonyl (C=O) groups excluding carboxylic acids is 1. The van der Waals surface area contributed by atoms with Gasteiger partial charge in [-0.15, -0.1) is 0 Å². The average molecular weight is 446 g/mol. The molecule has 0 unspecified atom stereocenters. The van der Waals surface area contributed by atoms with Crippen LogP contribution >= 0.6 is 31.9 Å². The Hall–Kier alpha value is -0.610. The summed E-state index contributed by atoms with van der Waals surface area (Å²) >= 11 is 7.51. The van der Waals surface area contributed by atoms with Crippen molar-refractivity contribution in [3.8, 4) is 5.75 Å². The minimum absolute atomic E-state index is 0.378. The SMILES string of the molecule is C=C(C)C(=O)Oc1ccccc1C(Br)(Br)CCCCCCCC. The Morgan fingerprint density at radius 1 is 1.13 bits per heavy atom. The summed E-state index contributed by atoms with van der Waals surface area (Å²) in [5, 5.41) is 0. The molecule has 0 aliphatic carbocycles. The topological polar surface area (TPSA) is 26.3 Å². The number of hydrogen-bond acceptors (Lipinski definition) is 2. The highest BCUT2D eigenvalue weighted by Crippen LogP contribution is 2.46. The van der Waals surface area contributed by atoms with Gasteiger partial charge in [0, 0.05) is 11.1 Å². The molecule has 0 amide bonds. The lowest BCUT2D eigenvalue weighted by molar-refractivity contribution is -0.130. The van der Waals surface area contributed by atoms with Crippen LogP contribution in [0.15, 0.2) is 36.4 Å². The van der Waals surface area contributed by atoms with Gasteiger partial charge in [-0.3, -0.25) is 0 Å². The highest BCUT2D eigenvalue weighted by molar-refractivity contribution is 9.24. The Morgan fingerprint density at radius 3 is 2.39 bits per heavy atom. The van der Waals surface area contributed by atoms with Crippen molar-refractivity contribution in [2.24, 2.45) is 0 Å². The molecule has 4 heteroatoms. The molecule has 0 aromatic heterocycles. The third-order valence-corrected chi connectivity index (χ3v) is 5.32. The van der Waals surface area contributed by atoms with Gasteiger partial charge in [-0.1, -0.05) is 102 Å². The van der Waals surface area contributed by atoms with E-state index < -0.39 is 5.97 Å². The molecule has 1 rings (SSSR count). The van der Waals surface area contributed by atoms with Gasteiger partial charge in [-0.05, 0) is 19.4 Å². The molecular weight excluding hydrogens is 420 g/mol. The summed E-state index contributed by atoms with van der Waals surface area (Å²) in [6, 6.07) is 7.60. The standard InChI is InChI=1S/C19H26Br2O2/c1-4-5-6-7-8-11-14-19(20,21)16-12-9-10-13-17(16)23-18(22)15(2)3/h9-10,12-13H,2,4-8,11,14H2,1,3H3. The molecule has 0 saturated heterocycles. The first kappa shape index (κ1) is 20.4. The fourth-order valence-electron chi connectivity index (χ4n) is 2.31. The Kier molecular flexibility index (Phi) is 9.15. The summed E-state index contributed by atoms with van der Waals surface area (Å²) in [5.74, 6) is 0.174. The molecule has 0 radical (unpaired) electrons. The Balaban J connectivity index is 2.68. The minimum atomic E-state index is -0.396. The largest absolute Gasteiger partial charge is 0.423 e. The van der Waals surface area contributed by atoms with E-state index in [-0.39, 0.29) is 3.23 Å². The number of halogens is 2. The number of carbonyl (C=O) groups is 1. The molecule has 0 fully saturated rings. The molecule has 0 heterocycles. The van der Waals surface area contributed by atoms with Crippen molar-refractivity contribution in [1.29, 1.82) is 0 Å². The van der Waals surface area contributed by atoms with E-state index in [9.17, 15) is 4.79 Å². The van der Waals surface area contributed by atoms with E-state index in [0.717, 1.165) is 18.4 Å². The van der Waals surface area contributed by atoms with E-state index in [0.29, 0.717) is 11.3 Å². The molecule has 23 heavy (non-hydrogen) atoms. The number of rotatable bonds is 10. The maximum atomic E-state index is 11.8. The van der Waals surface area contributed by atoms with Gasteiger partial charge in [0.2, 0.25) is 0 Å². The highest BCUT2D eigenvalue weighted by Gasteiger charge is 2.29. The molecule has 128 valence electrons. The van der Waals surface area contributed by atoms with Gasteiger partial charge in [0.15, 0.2) is 0 Å². The van der Waals surface area contributed by atoms with Crippen LogP contribution in [-0.2, 0) is 8.03 Å². The summed E-state index contributed by atoms with van der Waals surface area (Å²) in [5.41, 5.74) is 1.33. The highest BCUT2D eigenvalue weighted by atomic mass is 79.9. The first-order valence-corrected chi connectivity index (χ1v) is 9.82. The van der Waals surface area contributed by atoms with E-state index in [4.69, 9.17) is 4.74 Å². The zero-order valence-corrected chi connectivity index (χ0v) is 17.2. The average Bonchev–Trinajstić information content (AvgIpc) is 2.51. The maximum Gasteiger partial charge on any atom is 0.338 e. The van der Waals surface area contributed by atoms with Crippen LogP contribution in [0.4, 0.5) is 0 Å². The van der Waals surface area contributed by atoms with Crippen LogP contribution in [0, 0.1) is 0 Å². The fraction of sp³-hybridized carbons (Fsp3) is 0.526. The predicted octanol–water partition coefficient (Wildman–Crippen LogP) is 6.86. The summed E-state index contributed by atoms with van der Waals surface area (Å²) in [6.45, 7) is 7.51. The van der Waals surface area contributed by atoms with Crippen molar-refractivity contribution in [2.45, 2.75) is 62.0 Å². The van der Waals surface area contributed by atoms with Gasteiger partial charge in [0.05, 0.1) is 0 Å². The molecule has 1 aromatic rings. The van der Waals surface area contributed by atoms with Crippen LogP contribution in [0.2, 0.25) is 0 Å². The molecule has 0 aliphatic rings. The van der Waals surface area contributed by atoms with Crippen molar-refractivity contribution in [2.75, 3.05) is 0 Å². The number of alkyl halides is 2. The van der Waals surface area contributed by atoms with Crippen molar-refractivity contribution in [1.82, 2.24) is 0 Å². The molecule has 1 aromatic carbocycles. The van der Waals surface area contributed by atoms with Crippen LogP contribution in [0.3, 0.4) is 0 Å². The molecule has 0 atom stereocenters. The maximum absolute atomic E-state index is 11.8. The lowest BCUT2D eigenvalue weighted by atomic mass is 10.0. The van der Waals surface area contributed by atoms with Gasteiger partial charge in [0.25, 0.3) is 0 Å². The number of para-hydroxylation sites is 1. The van der Waals surface area contributed by atoms with Gasteiger partial charge in [0.1, 0.15) is 8.98 Å². The first-order valence-electron chi connectivity index (χ1n) is 8.23. The fourth-order valence-corrected chi connectivity index (χ4v) is 3.52. The quantitative estimate of drug-likeness (QED) is 0.129. The normalized spacial score (nSPS) is 11.3. The number of ether oxygens (including phenoxy) is 1. The van der Waals surface area contributed by atoms with E-state index in [1.54, 1.807) is 6.92 Å². The molecule has 2 nitrogen and oxygen atoms in total. The number of hydrogen-bond donors (Lipinski definition) is 0. The Morgan fingerprint density at radius 2 is 1.74 bits per heavy atom. The summed E-state index contributed by atoms with van der Waals surface area (Å²) in [6.07, 6.45) is 8.42. The van der Waals surface area contributed by atoms with Gasteiger partial charge >= 0.3 is 5.97 Å². The van der Waals surface area contributed by atoms with Crippen molar-refractivity contribution in [3.05, 3.63) is 42.0 Å². The third kappa shape index (κ3) is 7.21. The second-order valence-electron chi connectivity index (χ2n) is 5.89. The van der Waals surface area contributed by atoms with Crippen molar-refractivity contribution in [3.63, 3.8) is 0 Å². The lowest BCUT2D eigenvalue weighted by Crippen LogP contribution is -2.15. The lowest BCUT2D eigenvalue weighted by Gasteiger charge is -2.23. The first-order chi connectivity index (χ1) is 10.9. The number of esters is 1. The van der Waals surface area contributed by atoms with Gasteiger partial charge in [-0.2, -0.15) is 0 Å². The van der Waals surface area contributed by atoms with E-state index in [2.05, 4.69) is 45.4 Å². The van der Waals surface area contributed by atoms with Crippen molar-refractivity contribution >= 4 is 37.8 Å². The van der Waals surface area contributed by atoms with E-state index in [1.165, 1.54) is 32.1 Å². The second-order valence-corrected chi connectivity index (χ2v) is 9.66. The zero-order chi connectivity index (χ0) is 17.3. The molecule has 0 spiro atoms. The summed E-state index contributed by atoms with van der Waals surface area (Å²) in [7, 11) is 0. The predicted molar refractivity (Wildman–Crippen MR) is 104 cm³/mol.